The first kappa shape index (κ1) is 13.3. The second kappa shape index (κ2) is 5.38. The maximum absolute atomic E-state index is 9.37. The van der Waals surface area contributed by atoms with Crippen molar-refractivity contribution in [3.05, 3.63) is 23.4 Å². The van der Waals surface area contributed by atoms with Crippen LogP contribution in [0, 0.1) is 18.3 Å². The molecule has 1 aliphatic rings. The van der Waals surface area contributed by atoms with E-state index in [9.17, 15) is 5.26 Å². The lowest BCUT2D eigenvalue weighted by Gasteiger charge is -2.27. The summed E-state index contributed by atoms with van der Waals surface area (Å²) in [6.45, 7) is 5.18. The van der Waals surface area contributed by atoms with Crippen LogP contribution < -0.4 is 16.0 Å². The van der Waals surface area contributed by atoms with Crippen molar-refractivity contribution in [3.8, 4) is 11.9 Å². The molecule has 0 aromatic carbocycles. The first-order valence-corrected chi connectivity index (χ1v) is 6.75. The van der Waals surface area contributed by atoms with Crippen LogP contribution in [-0.4, -0.2) is 46.2 Å². The Morgan fingerprint density at radius 2 is 2.05 bits per heavy atom. The molecule has 108 valence electrons. The summed E-state index contributed by atoms with van der Waals surface area (Å²) in [5.41, 5.74) is 7.26. The van der Waals surface area contributed by atoms with Crippen molar-refractivity contribution in [3.63, 3.8) is 0 Å². The number of hydrogen-bond acceptors (Lipinski definition) is 7. The number of rotatable bonds is 2. The molecule has 1 aliphatic heterocycles. The monoisotopic (exact) mass is 284 g/mol. The summed E-state index contributed by atoms with van der Waals surface area (Å²) in [7, 11) is 0. The van der Waals surface area contributed by atoms with Crippen LogP contribution >= 0.6 is 0 Å². The number of aryl methyl sites for hydroxylation is 1. The minimum absolute atomic E-state index is 0.296. The number of piperazine rings is 1. The Morgan fingerprint density at radius 3 is 2.67 bits per heavy atom. The summed E-state index contributed by atoms with van der Waals surface area (Å²) in [5, 5.41) is 25.2. The zero-order valence-corrected chi connectivity index (χ0v) is 11.7. The SMILES string of the molecule is Cc1ccc(-n2nc(N3CCNCC3)c(C#N)c2N)nn1. The van der Waals surface area contributed by atoms with Gasteiger partial charge in [-0.3, -0.25) is 0 Å². The molecule has 8 heteroatoms. The Hall–Kier alpha value is -2.66. The molecule has 0 amide bonds. The molecule has 3 N–H and O–H groups in total. The topological polar surface area (TPSA) is 109 Å². The maximum atomic E-state index is 9.37. The van der Waals surface area contributed by atoms with E-state index in [1.54, 1.807) is 6.07 Å². The van der Waals surface area contributed by atoms with Crippen LogP contribution in [0.25, 0.3) is 5.82 Å². The standard InChI is InChI=1S/C13H16N8/c1-9-2-3-11(18-17-9)21-12(15)10(8-14)13(19-21)20-6-4-16-5-7-20/h2-3,16H,4-7,15H2,1H3. The average molecular weight is 284 g/mol. The maximum Gasteiger partial charge on any atom is 0.178 e. The van der Waals surface area contributed by atoms with E-state index in [0.717, 1.165) is 31.9 Å². The van der Waals surface area contributed by atoms with Crippen molar-refractivity contribution in [1.82, 2.24) is 25.3 Å². The van der Waals surface area contributed by atoms with Crippen LogP contribution in [0.4, 0.5) is 11.6 Å². The lowest BCUT2D eigenvalue weighted by atomic mass is 10.2. The lowest BCUT2D eigenvalue weighted by molar-refractivity contribution is 0.582. The zero-order valence-electron chi connectivity index (χ0n) is 11.7. The van der Waals surface area contributed by atoms with E-state index >= 15 is 0 Å². The molecule has 21 heavy (non-hydrogen) atoms. The first-order chi connectivity index (χ1) is 10.2. The van der Waals surface area contributed by atoms with Gasteiger partial charge in [0.2, 0.25) is 0 Å². The minimum atomic E-state index is 0.296. The van der Waals surface area contributed by atoms with Crippen molar-refractivity contribution in [2.24, 2.45) is 0 Å². The summed E-state index contributed by atoms with van der Waals surface area (Å²) in [6, 6.07) is 5.76. The fourth-order valence-electron chi connectivity index (χ4n) is 2.30. The van der Waals surface area contributed by atoms with Crippen molar-refractivity contribution in [2.75, 3.05) is 36.8 Å². The number of nitrogens with zero attached hydrogens (tertiary/aromatic N) is 6. The predicted octanol–water partition coefficient (Wildman–Crippen LogP) is -0.166. The third-order valence-electron chi connectivity index (χ3n) is 3.43. The molecule has 8 nitrogen and oxygen atoms in total. The Morgan fingerprint density at radius 1 is 1.29 bits per heavy atom. The van der Waals surface area contributed by atoms with Gasteiger partial charge in [0, 0.05) is 26.2 Å². The van der Waals surface area contributed by atoms with E-state index in [0.29, 0.717) is 23.0 Å². The highest BCUT2D eigenvalue weighted by atomic mass is 15.4. The molecule has 3 rings (SSSR count). The van der Waals surface area contributed by atoms with Crippen molar-refractivity contribution < 1.29 is 0 Å². The summed E-state index contributed by atoms with van der Waals surface area (Å²) >= 11 is 0. The van der Waals surface area contributed by atoms with Gasteiger partial charge in [-0.1, -0.05) is 0 Å². The van der Waals surface area contributed by atoms with E-state index in [4.69, 9.17) is 5.73 Å². The summed E-state index contributed by atoms with van der Waals surface area (Å²) in [5.74, 6) is 1.42. The normalized spacial score (nSPS) is 15.0. The molecule has 3 heterocycles. The lowest BCUT2D eigenvalue weighted by Crippen LogP contribution is -2.44. The van der Waals surface area contributed by atoms with E-state index in [1.165, 1.54) is 4.68 Å². The predicted molar refractivity (Wildman–Crippen MR) is 78.1 cm³/mol. The van der Waals surface area contributed by atoms with Gasteiger partial charge in [-0.05, 0) is 19.1 Å². The van der Waals surface area contributed by atoms with Crippen LogP contribution in [0.5, 0.6) is 0 Å². The third kappa shape index (κ3) is 2.39. The number of nitriles is 1. The molecule has 2 aromatic heterocycles. The number of nitrogens with two attached hydrogens (primary N) is 1. The fraction of sp³-hybridized carbons (Fsp3) is 0.385. The minimum Gasteiger partial charge on any atom is -0.382 e. The van der Waals surface area contributed by atoms with Gasteiger partial charge in [0.25, 0.3) is 0 Å². The largest absolute Gasteiger partial charge is 0.382 e. The molecule has 1 saturated heterocycles. The Balaban J connectivity index is 2.04. The van der Waals surface area contributed by atoms with Gasteiger partial charge < -0.3 is 16.0 Å². The van der Waals surface area contributed by atoms with Gasteiger partial charge in [0.15, 0.2) is 11.6 Å². The smallest absolute Gasteiger partial charge is 0.178 e. The highest BCUT2D eigenvalue weighted by Crippen LogP contribution is 2.26. The van der Waals surface area contributed by atoms with Crippen LogP contribution in [0.1, 0.15) is 11.3 Å². The number of nitrogens with one attached hydrogen (secondary N) is 1. The van der Waals surface area contributed by atoms with Crippen molar-refractivity contribution >= 4 is 11.6 Å². The molecule has 0 aliphatic carbocycles. The molecule has 0 bridgehead atoms. The fourth-order valence-corrected chi connectivity index (χ4v) is 2.30. The molecular weight excluding hydrogens is 268 g/mol. The molecule has 1 fully saturated rings. The van der Waals surface area contributed by atoms with Gasteiger partial charge in [-0.2, -0.15) is 15.0 Å². The van der Waals surface area contributed by atoms with Crippen molar-refractivity contribution in [1.29, 1.82) is 5.26 Å². The highest BCUT2D eigenvalue weighted by molar-refractivity contribution is 5.66. The molecule has 0 atom stereocenters. The second-order valence-corrected chi connectivity index (χ2v) is 4.88. The van der Waals surface area contributed by atoms with Gasteiger partial charge >= 0.3 is 0 Å². The number of hydrogen-bond donors (Lipinski definition) is 2. The van der Waals surface area contributed by atoms with E-state index in [-0.39, 0.29) is 0 Å². The summed E-state index contributed by atoms with van der Waals surface area (Å²) in [6.07, 6.45) is 0. The molecule has 0 spiro atoms. The first-order valence-electron chi connectivity index (χ1n) is 6.75. The Labute approximate surface area is 122 Å². The van der Waals surface area contributed by atoms with Crippen LogP contribution in [0.3, 0.4) is 0 Å². The Bertz CT molecular complexity index is 675. The van der Waals surface area contributed by atoms with Crippen molar-refractivity contribution in [2.45, 2.75) is 6.92 Å². The average Bonchev–Trinajstić information content (AvgIpc) is 2.86. The van der Waals surface area contributed by atoms with Crippen LogP contribution in [0.2, 0.25) is 0 Å². The molecular formula is C13H16N8. The number of anilines is 2. The van der Waals surface area contributed by atoms with E-state index < -0.39 is 0 Å². The van der Waals surface area contributed by atoms with Crippen LogP contribution in [0.15, 0.2) is 12.1 Å². The number of aromatic nitrogens is 4. The molecule has 0 radical (unpaired) electrons. The summed E-state index contributed by atoms with van der Waals surface area (Å²) in [4.78, 5) is 2.06. The van der Waals surface area contributed by atoms with Gasteiger partial charge in [0.05, 0.1) is 5.69 Å². The highest BCUT2D eigenvalue weighted by Gasteiger charge is 2.23. The molecule has 2 aromatic rings. The summed E-state index contributed by atoms with van der Waals surface area (Å²) < 4.78 is 1.47. The zero-order chi connectivity index (χ0) is 14.8. The quantitative estimate of drug-likeness (QED) is 0.788. The van der Waals surface area contributed by atoms with Gasteiger partial charge in [-0.25, -0.2) is 0 Å². The van der Waals surface area contributed by atoms with Gasteiger partial charge in [-0.15, -0.1) is 10.2 Å². The third-order valence-corrected chi connectivity index (χ3v) is 3.43. The van der Waals surface area contributed by atoms with E-state index in [1.807, 2.05) is 13.0 Å². The molecule has 0 saturated carbocycles. The van der Waals surface area contributed by atoms with E-state index in [2.05, 4.69) is 31.6 Å². The van der Waals surface area contributed by atoms with Gasteiger partial charge in [0.1, 0.15) is 17.5 Å². The Kier molecular flexibility index (Phi) is 3.41. The van der Waals surface area contributed by atoms with Crippen LogP contribution in [-0.2, 0) is 0 Å². The number of nitrogen functional groups attached to an aromatic ring is 1. The second-order valence-electron chi connectivity index (χ2n) is 4.88. The molecule has 0 unspecified atom stereocenters.